The Morgan fingerprint density at radius 2 is 1.25 bits per heavy atom. The molecule has 0 bridgehead atoms. The average Bonchev–Trinajstić information content (AvgIpc) is 2.84. The van der Waals surface area contributed by atoms with Crippen LogP contribution in [0.15, 0.2) is 42.6 Å². The summed E-state index contributed by atoms with van der Waals surface area (Å²) >= 11 is 0. The topological polar surface area (TPSA) is 12.9 Å². The molecule has 1 aromatic carbocycles. The van der Waals surface area contributed by atoms with Gasteiger partial charge < -0.3 is 0 Å². The molecule has 0 spiro atoms. The van der Waals surface area contributed by atoms with Gasteiger partial charge in [-0.25, -0.2) is 0 Å². The Bertz CT molecular complexity index is 722. The van der Waals surface area contributed by atoms with E-state index in [9.17, 15) is 0 Å². The summed E-state index contributed by atoms with van der Waals surface area (Å²) in [4.78, 5) is 4.75. The van der Waals surface area contributed by atoms with Crippen LogP contribution in [0.25, 0.3) is 11.3 Å². The second-order valence-corrected chi connectivity index (χ2v) is 10.3. The van der Waals surface area contributed by atoms with Crippen molar-refractivity contribution in [1.82, 2.24) is 4.98 Å². The first-order valence-electron chi connectivity index (χ1n) is 13.8. The van der Waals surface area contributed by atoms with Crippen LogP contribution in [0, 0.1) is 11.8 Å². The Hall–Kier alpha value is -1.63. The zero-order valence-electron chi connectivity index (χ0n) is 21.0. The second kappa shape index (κ2) is 14.5. The largest absolute Gasteiger partial charge is 0.256 e. The molecular formula is C31H47N. The van der Waals surface area contributed by atoms with Gasteiger partial charge in [-0.2, -0.15) is 0 Å². The fraction of sp³-hybridized carbons (Fsp3) is 0.645. The third-order valence-electron chi connectivity index (χ3n) is 7.67. The van der Waals surface area contributed by atoms with Gasteiger partial charge in [0.25, 0.3) is 0 Å². The van der Waals surface area contributed by atoms with Crippen LogP contribution in [-0.4, -0.2) is 4.98 Å². The van der Waals surface area contributed by atoms with Gasteiger partial charge in [-0.15, -0.1) is 0 Å². The minimum absolute atomic E-state index is 0.952. The standard InChI is InChI=1S/C31H47N/c1-3-5-7-8-10-12-29-21-24-31(32-25-29)30-22-19-28(20-23-30)18-17-27-15-13-26(14-16-27)11-9-6-4-2/h19-27H,3-18H2,1-2H3/t26-,27-. The summed E-state index contributed by atoms with van der Waals surface area (Å²) in [5.41, 5.74) is 5.22. The summed E-state index contributed by atoms with van der Waals surface area (Å²) in [6.07, 6.45) is 24.1. The molecule has 1 aliphatic rings. The molecule has 0 amide bonds. The number of aromatic nitrogens is 1. The number of hydrogen-bond donors (Lipinski definition) is 0. The number of unbranched alkanes of at least 4 members (excludes halogenated alkanes) is 6. The van der Waals surface area contributed by atoms with Crippen LogP contribution in [-0.2, 0) is 12.8 Å². The Labute approximate surface area is 198 Å². The lowest BCUT2D eigenvalue weighted by Gasteiger charge is -2.28. The first kappa shape index (κ1) is 25.0. The van der Waals surface area contributed by atoms with Crippen LogP contribution in [0.3, 0.4) is 0 Å². The lowest BCUT2D eigenvalue weighted by atomic mass is 9.78. The molecule has 0 radical (unpaired) electrons. The van der Waals surface area contributed by atoms with Crippen LogP contribution in [0.2, 0.25) is 0 Å². The van der Waals surface area contributed by atoms with Gasteiger partial charge in [0.15, 0.2) is 0 Å². The fourth-order valence-corrected chi connectivity index (χ4v) is 5.38. The summed E-state index contributed by atoms with van der Waals surface area (Å²) in [5, 5.41) is 0. The van der Waals surface area contributed by atoms with Gasteiger partial charge in [0.05, 0.1) is 5.69 Å². The molecule has 32 heavy (non-hydrogen) atoms. The van der Waals surface area contributed by atoms with Crippen molar-refractivity contribution >= 4 is 0 Å². The van der Waals surface area contributed by atoms with E-state index in [1.807, 2.05) is 0 Å². The maximum absolute atomic E-state index is 4.75. The fourth-order valence-electron chi connectivity index (χ4n) is 5.38. The molecule has 1 fully saturated rings. The summed E-state index contributed by atoms with van der Waals surface area (Å²) in [6, 6.07) is 13.7. The minimum Gasteiger partial charge on any atom is -0.256 e. The quantitative estimate of drug-likeness (QED) is 0.270. The molecule has 0 atom stereocenters. The van der Waals surface area contributed by atoms with Crippen molar-refractivity contribution in [3.63, 3.8) is 0 Å². The second-order valence-electron chi connectivity index (χ2n) is 10.3. The van der Waals surface area contributed by atoms with Crippen LogP contribution in [0.4, 0.5) is 0 Å². The summed E-state index contributed by atoms with van der Waals surface area (Å²) in [6.45, 7) is 4.59. The molecule has 3 rings (SSSR count). The number of hydrogen-bond acceptors (Lipinski definition) is 1. The van der Waals surface area contributed by atoms with Crippen molar-refractivity contribution in [2.24, 2.45) is 11.8 Å². The molecular weight excluding hydrogens is 386 g/mol. The van der Waals surface area contributed by atoms with Crippen LogP contribution >= 0.6 is 0 Å². The maximum Gasteiger partial charge on any atom is 0.0702 e. The van der Waals surface area contributed by atoms with E-state index >= 15 is 0 Å². The average molecular weight is 434 g/mol. The highest BCUT2D eigenvalue weighted by Crippen LogP contribution is 2.34. The first-order chi connectivity index (χ1) is 15.8. The van der Waals surface area contributed by atoms with Crippen LogP contribution < -0.4 is 0 Å². The number of benzene rings is 1. The lowest BCUT2D eigenvalue weighted by molar-refractivity contribution is 0.249. The van der Waals surface area contributed by atoms with E-state index in [1.54, 1.807) is 0 Å². The molecule has 1 heterocycles. The first-order valence-corrected chi connectivity index (χ1v) is 13.8. The summed E-state index contributed by atoms with van der Waals surface area (Å²) in [7, 11) is 0. The van der Waals surface area contributed by atoms with E-state index in [0.29, 0.717) is 0 Å². The Morgan fingerprint density at radius 1 is 0.625 bits per heavy atom. The van der Waals surface area contributed by atoms with Crippen molar-refractivity contribution in [3.8, 4) is 11.3 Å². The van der Waals surface area contributed by atoms with E-state index in [0.717, 1.165) is 24.0 Å². The van der Waals surface area contributed by atoms with Crippen molar-refractivity contribution in [1.29, 1.82) is 0 Å². The van der Waals surface area contributed by atoms with Crippen LogP contribution in [0.1, 0.15) is 115 Å². The number of rotatable bonds is 14. The Kier molecular flexibility index (Phi) is 11.3. The highest BCUT2D eigenvalue weighted by molar-refractivity contribution is 5.59. The van der Waals surface area contributed by atoms with Crippen molar-refractivity contribution in [2.45, 2.75) is 117 Å². The third kappa shape index (κ3) is 8.72. The zero-order valence-corrected chi connectivity index (χ0v) is 21.0. The normalized spacial score (nSPS) is 18.7. The van der Waals surface area contributed by atoms with Gasteiger partial charge in [0.1, 0.15) is 0 Å². The molecule has 1 aromatic heterocycles. The van der Waals surface area contributed by atoms with Gasteiger partial charge >= 0.3 is 0 Å². The lowest BCUT2D eigenvalue weighted by Crippen LogP contribution is -2.15. The van der Waals surface area contributed by atoms with Gasteiger partial charge in [-0.3, -0.25) is 4.98 Å². The maximum atomic E-state index is 4.75. The molecule has 0 N–H and O–H groups in total. The predicted octanol–water partition coefficient (Wildman–Crippen LogP) is 9.58. The molecule has 1 saturated carbocycles. The van der Waals surface area contributed by atoms with E-state index in [-0.39, 0.29) is 0 Å². The van der Waals surface area contributed by atoms with E-state index in [1.165, 1.54) is 113 Å². The molecule has 0 aliphatic heterocycles. The highest BCUT2D eigenvalue weighted by atomic mass is 14.7. The molecule has 1 aliphatic carbocycles. The Morgan fingerprint density at radius 3 is 1.91 bits per heavy atom. The molecule has 2 aromatic rings. The number of aryl methyl sites for hydroxylation is 2. The van der Waals surface area contributed by atoms with Gasteiger partial charge in [0, 0.05) is 11.8 Å². The predicted molar refractivity (Wildman–Crippen MR) is 140 cm³/mol. The van der Waals surface area contributed by atoms with Crippen LogP contribution in [0.5, 0.6) is 0 Å². The summed E-state index contributed by atoms with van der Waals surface area (Å²) in [5.74, 6) is 1.98. The number of pyridine rings is 1. The Balaban J connectivity index is 1.38. The van der Waals surface area contributed by atoms with E-state index < -0.39 is 0 Å². The zero-order chi connectivity index (χ0) is 22.4. The minimum atomic E-state index is 0.952. The van der Waals surface area contributed by atoms with Gasteiger partial charge in [-0.05, 0) is 54.7 Å². The highest BCUT2D eigenvalue weighted by Gasteiger charge is 2.20. The van der Waals surface area contributed by atoms with Crippen molar-refractivity contribution in [3.05, 3.63) is 53.7 Å². The van der Waals surface area contributed by atoms with Crippen molar-refractivity contribution < 1.29 is 0 Å². The molecule has 1 heteroatoms. The van der Waals surface area contributed by atoms with E-state index in [2.05, 4.69) is 56.4 Å². The monoisotopic (exact) mass is 433 g/mol. The smallest absolute Gasteiger partial charge is 0.0702 e. The summed E-state index contributed by atoms with van der Waals surface area (Å²) < 4.78 is 0. The van der Waals surface area contributed by atoms with Gasteiger partial charge in [0.2, 0.25) is 0 Å². The SMILES string of the molecule is CCCCCCCc1ccc(-c2ccc(CC[C@H]3CC[C@H](CCCCC)CC3)cc2)nc1. The number of nitrogens with zero attached hydrogens (tertiary/aromatic N) is 1. The van der Waals surface area contributed by atoms with E-state index in [4.69, 9.17) is 4.98 Å². The molecule has 0 saturated heterocycles. The van der Waals surface area contributed by atoms with Crippen molar-refractivity contribution in [2.75, 3.05) is 0 Å². The molecule has 0 unspecified atom stereocenters. The third-order valence-corrected chi connectivity index (χ3v) is 7.67. The molecule has 1 nitrogen and oxygen atoms in total. The van der Waals surface area contributed by atoms with Gasteiger partial charge in [-0.1, -0.05) is 121 Å². The molecule has 176 valence electrons.